The normalized spacial score (nSPS) is 11.1. The van der Waals surface area contributed by atoms with E-state index in [2.05, 4.69) is 17.5 Å². The molecule has 23 heavy (non-hydrogen) atoms. The van der Waals surface area contributed by atoms with Gasteiger partial charge in [0.25, 0.3) is 5.91 Å². The summed E-state index contributed by atoms with van der Waals surface area (Å²) in [6, 6.07) is 16.9. The first kappa shape index (κ1) is 16.7. The molecule has 0 spiro atoms. The van der Waals surface area contributed by atoms with E-state index >= 15 is 0 Å². The molecule has 0 atom stereocenters. The smallest absolute Gasteiger partial charge is 0.271 e. The lowest BCUT2D eigenvalue weighted by molar-refractivity contribution is 0.0954. The summed E-state index contributed by atoms with van der Waals surface area (Å²) in [7, 11) is 1.58. The average Bonchev–Trinajstić information content (AvgIpc) is 2.62. The molecule has 0 aromatic heterocycles. The number of nitrogens with one attached hydrogen (secondary N) is 1. The van der Waals surface area contributed by atoms with Crippen molar-refractivity contribution in [1.82, 2.24) is 5.43 Å². The number of carbonyl (C=O) groups is 1. The molecule has 2 aromatic carbocycles. The number of hydrogen-bond donors (Lipinski definition) is 1. The average molecular weight is 310 g/mol. The van der Waals surface area contributed by atoms with Gasteiger partial charge in [-0.2, -0.15) is 5.10 Å². The van der Waals surface area contributed by atoms with Crippen molar-refractivity contribution < 1.29 is 9.53 Å². The second-order valence-electron chi connectivity index (χ2n) is 5.20. The lowest BCUT2D eigenvalue weighted by Gasteiger charge is -2.08. The summed E-state index contributed by atoms with van der Waals surface area (Å²) >= 11 is 0. The van der Waals surface area contributed by atoms with Crippen LogP contribution in [-0.4, -0.2) is 18.7 Å². The van der Waals surface area contributed by atoms with Gasteiger partial charge in [-0.25, -0.2) is 5.43 Å². The first-order valence-electron chi connectivity index (χ1n) is 7.81. The van der Waals surface area contributed by atoms with E-state index in [9.17, 15) is 4.79 Å². The van der Waals surface area contributed by atoms with Crippen molar-refractivity contribution >= 4 is 11.6 Å². The maximum absolute atomic E-state index is 12.2. The Kier molecular flexibility index (Phi) is 6.36. The van der Waals surface area contributed by atoms with Crippen LogP contribution in [0.15, 0.2) is 59.7 Å². The van der Waals surface area contributed by atoms with Gasteiger partial charge in [0.1, 0.15) is 5.75 Å². The zero-order valence-corrected chi connectivity index (χ0v) is 13.6. The molecule has 0 radical (unpaired) electrons. The van der Waals surface area contributed by atoms with E-state index in [-0.39, 0.29) is 5.91 Å². The topological polar surface area (TPSA) is 50.7 Å². The molecule has 0 heterocycles. The Morgan fingerprint density at radius 1 is 1.09 bits per heavy atom. The lowest BCUT2D eigenvalue weighted by Crippen LogP contribution is -2.20. The Labute approximate surface area is 137 Å². The highest BCUT2D eigenvalue weighted by atomic mass is 16.5. The van der Waals surface area contributed by atoms with Crippen molar-refractivity contribution in [2.24, 2.45) is 5.10 Å². The van der Waals surface area contributed by atoms with Gasteiger partial charge >= 0.3 is 0 Å². The minimum absolute atomic E-state index is 0.242. The minimum atomic E-state index is -0.242. The summed E-state index contributed by atoms with van der Waals surface area (Å²) in [6.07, 6.45) is 2.94. The van der Waals surface area contributed by atoms with Gasteiger partial charge in [-0.05, 0) is 36.6 Å². The quantitative estimate of drug-likeness (QED) is 0.620. The largest absolute Gasteiger partial charge is 0.497 e. The standard InChI is InChI=1S/C19H22N2O2/c1-3-4-13-18(15-9-6-5-7-10-15)20-21-19(22)16-11-8-12-17(14-16)23-2/h5-12,14H,3-4,13H2,1-2H3,(H,21,22)/b20-18+. The highest BCUT2D eigenvalue weighted by Crippen LogP contribution is 2.13. The van der Waals surface area contributed by atoms with E-state index in [4.69, 9.17) is 4.74 Å². The van der Waals surface area contributed by atoms with E-state index < -0.39 is 0 Å². The van der Waals surface area contributed by atoms with Crippen molar-refractivity contribution in [3.8, 4) is 5.75 Å². The van der Waals surface area contributed by atoms with Crippen molar-refractivity contribution in [2.75, 3.05) is 7.11 Å². The first-order chi connectivity index (χ1) is 11.2. The molecule has 0 unspecified atom stereocenters. The van der Waals surface area contributed by atoms with Crippen LogP contribution in [0.5, 0.6) is 5.75 Å². The van der Waals surface area contributed by atoms with Gasteiger partial charge < -0.3 is 4.74 Å². The molecule has 0 saturated heterocycles. The van der Waals surface area contributed by atoms with Gasteiger partial charge in [0.2, 0.25) is 0 Å². The van der Waals surface area contributed by atoms with Crippen molar-refractivity contribution in [3.63, 3.8) is 0 Å². The molecule has 4 heteroatoms. The molecule has 2 aromatic rings. The first-order valence-corrected chi connectivity index (χ1v) is 7.81. The Balaban J connectivity index is 2.14. The summed E-state index contributed by atoms with van der Waals surface area (Å²) in [5.74, 6) is 0.407. The number of benzene rings is 2. The molecular formula is C19H22N2O2. The van der Waals surface area contributed by atoms with Crippen LogP contribution in [0.25, 0.3) is 0 Å². The molecule has 0 aliphatic carbocycles. The van der Waals surface area contributed by atoms with Crippen LogP contribution >= 0.6 is 0 Å². The number of nitrogens with zero attached hydrogens (tertiary/aromatic N) is 1. The van der Waals surface area contributed by atoms with Gasteiger partial charge in [0.15, 0.2) is 0 Å². The fourth-order valence-corrected chi connectivity index (χ4v) is 2.19. The predicted octanol–water partition coefficient (Wildman–Crippen LogP) is 4.02. The number of amides is 1. The summed E-state index contributed by atoms with van der Waals surface area (Å²) in [5, 5.41) is 4.34. The van der Waals surface area contributed by atoms with Crippen LogP contribution in [0.3, 0.4) is 0 Å². The van der Waals surface area contributed by atoms with Crippen LogP contribution in [0.4, 0.5) is 0 Å². The van der Waals surface area contributed by atoms with E-state index in [0.29, 0.717) is 11.3 Å². The van der Waals surface area contributed by atoms with Crippen molar-refractivity contribution in [2.45, 2.75) is 26.2 Å². The maximum atomic E-state index is 12.2. The highest BCUT2D eigenvalue weighted by Gasteiger charge is 2.08. The number of ether oxygens (including phenoxy) is 1. The van der Waals surface area contributed by atoms with Crippen LogP contribution < -0.4 is 10.2 Å². The number of unbranched alkanes of at least 4 members (excludes halogenated alkanes) is 1. The van der Waals surface area contributed by atoms with E-state index in [1.807, 2.05) is 30.3 Å². The number of carbonyl (C=O) groups excluding carboxylic acids is 1. The third-order valence-corrected chi connectivity index (χ3v) is 3.50. The minimum Gasteiger partial charge on any atom is -0.497 e. The zero-order chi connectivity index (χ0) is 16.5. The lowest BCUT2D eigenvalue weighted by atomic mass is 10.1. The van der Waals surface area contributed by atoms with E-state index in [1.165, 1.54) is 0 Å². The number of hydrazone groups is 1. The molecule has 4 nitrogen and oxygen atoms in total. The molecule has 1 amide bonds. The van der Waals surface area contributed by atoms with E-state index in [1.54, 1.807) is 31.4 Å². The van der Waals surface area contributed by atoms with E-state index in [0.717, 1.165) is 30.5 Å². The number of hydrogen-bond acceptors (Lipinski definition) is 3. The molecule has 0 fully saturated rings. The van der Waals surface area contributed by atoms with Gasteiger partial charge in [-0.3, -0.25) is 4.79 Å². The van der Waals surface area contributed by atoms with Crippen molar-refractivity contribution in [1.29, 1.82) is 0 Å². The fraction of sp³-hybridized carbons (Fsp3) is 0.263. The Morgan fingerprint density at radius 2 is 1.83 bits per heavy atom. The third-order valence-electron chi connectivity index (χ3n) is 3.50. The van der Waals surface area contributed by atoms with Crippen LogP contribution in [-0.2, 0) is 0 Å². The molecule has 0 bridgehead atoms. The molecule has 0 aliphatic rings. The molecule has 0 aliphatic heterocycles. The second-order valence-corrected chi connectivity index (χ2v) is 5.20. The molecule has 2 rings (SSSR count). The summed E-state index contributed by atoms with van der Waals surface area (Å²) in [5.41, 5.74) is 5.10. The molecule has 120 valence electrons. The number of rotatable bonds is 7. The van der Waals surface area contributed by atoms with Gasteiger partial charge in [0.05, 0.1) is 12.8 Å². The van der Waals surface area contributed by atoms with Gasteiger partial charge in [-0.1, -0.05) is 49.7 Å². The van der Waals surface area contributed by atoms with Crippen LogP contribution in [0, 0.1) is 0 Å². The third kappa shape index (κ3) is 4.95. The van der Waals surface area contributed by atoms with Gasteiger partial charge in [-0.15, -0.1) is 0 Å². The SMILES string of the molecule is CCCC/C(=N\NC(=O)c1cccc(OC)c1)c1ccccc1. The predicted molar refractivity (Wildman–Crippen MR) is 93.0 cm³/mol. The molecule has 0 saturated carbocycles. The Hall–Kier alpha value is -2.62. The van der Waals surface area contributed by atoms with Crippen LogP contribution in [0.1, 0.15) is 42.1 Å². The Bertz CT molecular complexity index is 666. The Morgan fingerprint density at radius 3 is 2.52 bits per heavy atom. The maximum Gasteiger partial charge on any atom is 0.271 e. The molecular weight excluding hydrogens is 288 g/mol. The summed E-state index contributed by atoms with van der Waals surface area (Å²) in [6.45, 7) is 2.14. The highest BCUT2D eigenvalue weighted by molar-refractivity contribution is 6.02. The van der Waals surface area contributed by atoms with Crippen LogP contribution in [0.2, 0.25) is 0 Å². The second kappa shape index (κ2) is 8.73. The molecule has 1 N–H and O–H groups in total. The summed E-state index contributed by atoms with van der Waals surface area (Å²) in [4.78, 5) is 12.2. The fourth-order valence-electron chi connectivity index (χ4n) is 2.19. The van der Waals surface area contributed by atoms with Crippen molar-refractivity contribution in [3.05, 3.63) is 65.7 Å². The monoisotopic (exact) mass is 310 g/mol. The van der Waals surface area contributed by atoms with Gasteiger partial charge in [0, 0.05) is 5.56 Å². The summed E-state index contributed by atoms with van der Waals surface area (Å²) < 4.78 is 5.14. The zero-order valence-electron chi connectivity index (χ0n) is 13.6. The number of methoxy groups -OCH3 is 1.